The fraction of sp³-hybridized carbons (Fsp3) is 0.650. The molecule has 0 radical (unpaired) electrons. The molecule has 0 spiro atoms. The molecule has 0 bridgehead atoms. The van der Waals surface area contributed by atoms with Crippen molar-refractivity contribution in [3.05, 3.63) is 29.8 Å². The molecule has 0 aliphatic rings. The number of esters is 1. The molecule has 4 nitrogen and oxygen atoms in total. The number of carbonyl (C=O) groups excluding carboxylic acids is 1. The van der Waals surface area contributed by atoms with Crippen LogP contribution in [-0.2, 0) is 9.53 Å². The lowest BCUT2D eigenvalue weighted by molar-refractivity contribution is -0.157. The summed E-state index contributed by atoms with van der Waals surface area (Å²) in [5, 5.41) is 3.43. The number of methoxy groups -OCH3 is 1. The Hall–Kier alpha value is -1.20. The van der Waals surface area contributed by atoms with E-state index in [0.717, 1.165) is 17.1 Å². The Morgan fingerprint density at radius 2 is 1.68 bits per heavy atom. The van der Waals surface area contributed by atoms with E-state index in [1.54, 1.807) is 7.11 Å². The van der Waals surface area contributed by atoms with Gasteiger partial charge in [-0.3, -0.25) is 10.1 Å². The predicted octanol–water partition coefficient (Wildman–Crippen LogP) is 4.59. The van der Waals surface area contributed by atoms with Gasteiger partial charge in [0.25, 0.3) is 0 Å². The van der Waals surface area contributed by atoms with Crippen molar-refractivity contribution in [1.82, 2.24) is 5.32 Å². The maximum Gasteiger partial charge on any atom is 0.323 e. The second-order valence-electron chi connectivity index (χ2n) is 8.17. The molecule has 142 valence electrons. The molecule has 1 rings (SSSR count). The van der Waals surface area contributed by atoms with Gasteiger partial charge in [0.1, 0.15) is 17.4 Å². The van der Waals surface area contributed by atoms with Crippen LogP contribution in [0.4, 0.5) is 0 Å². The first kappa shape index (κ1) is 21.8. The normalized spacial score (nSPS) is 14.7. The minimum atomic E-state index is -0.483. The minimum absolute atomic E-state index is 0.0534. The number of carbonyl (C=O) groups is 1. The van der Waals surface area contributed by atoms with Gasteiger partial charge >= 0.3 is 5.97 Å². The molecule has 1 N–H and O–H groups in total. The molecule has 0 unspecified atom stereocenters. The zero-order valence-electron chi connectivity index (χ0n) is 16.8. The first-order valence-electron chi connectivity index (χ1n) is 8.68. The quantitative estimate of drug-likeness (QED) is 0.714. The molecule has 25 heavy (non-hydrogen) atoms. The molecule has 1 aromatic carbocycles. The summed E-state index contributed by atoms with van der Waals surface area (Å²) >= 11 is 1.87. The van der Waals surface area contributed by atoms with Gasteiger partial charge in [-0.1, -0.05) is 32.9 Å². The van der Waals surface area contributed by atoms with E-state index < -0.39 is 5.60 Å². The number of benzene rings is 1. The van der Waals surface area contributed by atoms with Crippen molar-refractivity contribution >= 4 is 17.7 Å². The van der Waals surface area contributed by atoms with Crippen LogP contribution >= 0.6 is 11.8 Å². The van der Waals surface area contributed by atoms with Crippen LogP contribution in [0.3, 0.4) is 0 Å². The van der Waals surface area contributed by atoms with Crippen LogP contribution in [0.15, 0.2) is 24.3 Å². The van der Waals surface area contributed by atoms with Crippen molar-refractivity contribution in [2.24, 2.45) is 0 Å². The van der Waals surface area contributed by atoms with Gasteiger partial charge in [-0.25, -0.2) is 0 Å². The Morgan fingerprint density at radius 3 is 2.12 bits per heavy atom. The van der Waals surface area contributed by atoms with Crippen molar-refractivity contribution in [3.63, 3.8) is 0 Å². The Morgan fingerprint density at radius 1 is 1.12 bits per heavy atom. The van der Waals surface area contributed by atoms with Crippen LogP contribution in [0.1, 0.15) is 60.1 Å². The number of ether oxygens (including phenoxy) is 2. The summed E-state index contributed by atoms with van der Waals surface area (Å²) in [4.78, 5) is 12.3. The molecule has 1 aromatic rings. The van der Waals surface area contributed by atoms with E-state index >= 15 is 0 Å². The van der Waals surface area contributed by atoms with E-state index in [1.807, 2.05) is 63.7 Å². The number of nitrogens with one attached hydrogen (secondary N) is 1. The molecule has 5 heteroatoms. The molecule has 0 aromatic heterocycles. The SMILES string of the molecule is COc1ccc([C@H](CSC(C)(C)C)N[C@@H](C)C(=O)OC(C)(C)C)cc1. The third-order valence-corrected chi connectivity index (χ3v) is 4.78. The molecule has 0 amide bonds. The average Bonchev–Trinajstić information content (AvgIpc) is 2.48. The summed E-state index contributed by atoms with van der Waals surface area (Å²) in [7, 11) is 1.66. The highest BCUT2D eigenvalue weighted by atomic mass is 32.2. The Kier molecular flexibility index (Phi) is 7.82. The first-order valence-corrected chi connectivity index (χ1v) is 9.66. The fourth-order valence-corrected chi connectivity index (χ4v) is 3.13. The molecule has 0 saturated carbocycles. The molecule has 2 atom stereocenters. The lowest BCUT2D eigenvalue weighted by Gasteiger charge is -2.28. The summed E-state index contributed by atoms with van der Waals surface area (Å²) < 4.78 is 10.9. The average molecular weight is 368 g/mol. The van der Waals surface area contributed by atoms with Crippen LogP contribution in [0, 0.1) is 0 Å². The number of rotatable bonds is 7. The molecule has 0 aliphatic heterocycles. The minimum Gasteiger partial charge on any atom is -0.497 e. The van der Waals surface area contributed by atoms with Gasteiger partial charge in [0.15, 0.2) is 0 Å². The van der Waals surface area contributed by atoms with Gasteiger partial charge in [0, 0.05) is 16.5 Å². The van der Waals surface area contributed by atoms with E-state index in [4.69, 9.17) is 9.47 Å². The Labute approximate surface area is 157 Å². The summed E-state index contributed by atoms with van der Waals surface area (Å²) in [5.41, 5.74) is 0.649. The van der Waals surface area contributed by atoms with E-state index in [2.05, 4.69) is 26.1 Å². The monoisotopic (exact) mass is 367 g/mol. The molecule has 0 saturated heterocycles. The van der Waals surface area contributed by atoms with Gasteiger partial charge in [-0.15, -0.1) is 0 Å². The number of hydrogen-bond donors (Lipinski definition) is 1. The molecule has 0 fully saturated rings. The maximum absolute atomic E-state index is 12.3. The zero-order valence-corrected chi connectivity index (χ0v) is 17.6. The van der Waals surface area contributed by atoms with Crippen LogP contribution in [0.25, 0.3) is 0 Å². The smallest absolute Gasteiger partial charge is 0.323 e. The highest BCUT2D eigenvalue weighted by molar-refractivity contribution is 8.00. The number of hydrogen-bond acceptors (Lipinski definition) is 5. The summed E-state index contributed by atoms with van der Waals surface area (Å²) in [5.74, 6) is 1.46. The van der Waals surface area contributed by atoms with Gasteiger partial charge in [0.05, 0.1) is 7.11 Å². The van der Waals surface area contributed by atoms with Crippen molar-refractivity contribution in [2.75, 3.05) is 12.9 Å². The molecule has 0 heterocycles. The van der Waals surface area contributed by atoms with Crippen molar-refractivity contribution in [2.45, 2.75) is 70.9 Å². The second kappa shape index (κ2) is 8.95. The molecular weight excluding hydrogens is 334 g/mol. The van der Waals surface area contributed by atoms with Gasteiger partial charge < -0.3 is 9.47 Å². The van der Waals surface area contributed by atoms with Gasteiger partial charge in [0.2, 0.25) is 0 Å². The largest absolute Gasteiger partial charge is 0.497 e. The lowest BCUT2D eigenvalue weighted by Crippen LogP contribution is -2.41. The predicted molar refractivity (Wildman–Crippen MR) is 106 cm³/mol. The molecule has 0 aliphatic carbocycles. The van der Waals surface area contributed by atoms with Gasteiger partial charge in [-0.2, -0.15) is 11.8 Å². The van der Waals surface area contributed by atoms with E-state index in [0.29, 0.717) is 0 Å². The fourth-order valence-electron chi connectivity index (χ4n) is 2.17. The molecular formula is C20H33NO3S. The third kappa shape index (κ3) is 8.63. The summed E-state index contributed by atoms with van der Waals surface area (Å²) in [6, 6.07) is 7.65. The Balaban J connectivity index is 2.87. The van der Waals surface area contributed by atoms with E-state index in [1.165, 1.54) is 0 Å². The summed E-state index contributed by atoms with van der Waals surface area (Å²) in [6.45, 7) is 14.1. The second-order valence-corrected chi connectivity index (χ2v) is 10.0. The van der Waals surface area contributed by atoms with Crippen LogP contribution < -0.4 is 10.1 Å². The topological polar surface area (TPSA) is 47.6 Å². The standard InChI is InChI=1S/C20H33NO3S/c1-14(18(22)24-19(2,3)4)21-17(13-25-20(5,6)7)15-9-11-16(23-8)12-10-15/h9-12,14,17,21H,13H2,1-8H3/t14-,17-/m0/s1. The Bertz CT molecular complexity index is 544. The highest BCUT2D eigenvalue weighted by Crippen LogP contribution is 2.29. The van der Waals surface area contributed by atoms with E-state index in [-0.39, 0.29) is 22.8 Å². The van der Waals surface area contributed by atoms with Crippen molar-refractivity contribution in [3.8, 4) is 5.75 Å². The van der Waals surface area contributed by atoms with Crippen LogP contribution in [0.5, 0.6) is 5.75 Å². The summed E-state index contributed by atoms with van der Waals surface area (Å²) in [6.07, 6.45) is 0. The zero-order chi connectivity index (χ0) is 19.3. The van der Waals surface area contributed by atoms with Gasteiger partial charge in [-0.05, 0) is 45.4 Å². The number of thioether (sulfide) groups is 1. The van der Waals surface area contributed by atoms with Crippen LogP contribution in [-0.4, -0.2) is 35.2 Å². The highest BCUT2D eigenvalue weighted by Gasteiger charge is 2.25. The van der Waals surface area contributed by atoms with Crippen molar-refractivity contribution < 1.29 is 14.3 Å². The lowest BCUT2D eigenvalue weighted by atomic mass is 10.1. The third-order valence-electron chi connectivity index (χ3n) is 3.41. The van der Waals surface area contributed by atoms with Crippen molar-refractivity contribution in [1.29, 1.82) is 0 Å². The maximum atomic E-state index is 12.3. The van der Waals surface area contributed by atoms with Crippen LogP contribution in [0.2, 0.25) is 0 Å². The van der Waals surface area contributed by atoms with E-state index in [9.17, 15) is 4.79 Å². The first-order chi connectivity index (χ1) is 11.4.